The molecule has 0 spiro atoms. The molecular weight excluding hydrogens is 584 g/mol. The van der Waals surface area contributed by atoms with Crippen molar-refractivity contribution in [1.29, 1.82) is 0 Å². The molecule has 2 N–H and O–H groups in total. The van der Waals surface area contributed by atoms with E-state index in [-0.39, 0.29) is 35.9 Å². The first-order valence-electron chi connectivity index (χ1n) is 14.7. The van der Waals surface area contributed by atoms with E-state index in [0.717, 1.165) is 56.4 Å². The second kappa shape index (κ2) is 11.5. The summed E-state index contributed by atoms with van der Waals surface area (Å²) in [7, 11) is -4.12. The highest BCUT2D eigenvalue weighted by Gasteiger charge is 2.49. The molecular formula is C31H38F4N4O3S. The van der Waals surface area contributed by atoms with Crippen molar-refractivity contribution >= 4 is 21.8 Å². The average molecular weight is 623 g/mol. The molecule has 2 saturated carbocycles. The van der Waals surface area contributed by atoms with Gasteiger partial charge in [0.1, 0.15) is 17.2 Å². The van der Waals surface area contributed by atoms with Crippen LogP contribution in [-0.2, 0) is 27.5 Å². The third kappa shape index (κ3) is 6.60. The number of sulfonamides is 1. The number of carbonyl (C=O) groups is 1. The predicted molar refractivity (Wildman–Crippen MR) is 155 cm³/mol. The average Bonchev–Trinajstić information content (AvgIpc) is 3.32. The van der Waals surface area contributed by atoms with Gasteiger partial charge in [0.15, 0.2) is 0 Å². The third-order valence-corrected chi connectivity index (χ3v) is 11.3. The molecule has 2 fully saturated rings. The minimum absolute atomic E-state index is 0.0582. The van der Waals surface area contributed by atoms with Crippen LogP contribution in [-0.4, -0.2) is 49.6 Å². The van der Waals surface area contributed by atoms with E-state index in [4.69, 9.17) is 4.99 Å². The fraction of sp³-hybridized carbons (Fsp3) is 0.548. The molecule has 5 rings (SSSR count). The Balaban J connectivity index is 1.32. The van der Waals surface area contributed by atoms with E-state index < -0.39 is 38.5 Å². The number of halogens is 4. The van der Waals surface area contributed by atoms with Gasteiger partial charge in [-0.15, -0.1) is 0 Å². The molecule has 1 atom stereocenters. The van der Waals surface area contributed by atoms with Gasteiger partial charge in [-0.2, -0.15) is 17.5 Å². The highest BCUT2D eigenvalue weighted by atomic mass is 32.2. The van der Waals surface area contributed by atoms with Crippen LogP contribution >= 0.6 is 0 Å². The van der Waals surface area contributed by atoms with Crippen molar-refractivity contribution in [2.75, 3.05) is 19.6 Å². The van der Waals surface area contributed by atoms with Crippen LogP contribution in [0.25, 0.3) is 0 Å². The summed E-state index contributed by atoms with van der Waals surface area (Å²) in [6.07, 6.45) is 1.69. The summed E-state index contributed by atoms with van der Waals surface area (Å²) in [6, 6.07) is 8.88. The number of hydrogen-bond acceptors (Lipinski definition) is 5. The van der Waals surface area contributed by atoms with Crippen LogP contribution in [0.4, 0.5) is 17.6 Å². The zero-order chi connectivity index (χ0) is 31.1. The van der Waals surface area contributed by atoms with Crippen molar-refractivity contribution in [3.8, 4) is 0 Å². The standard InChI is InChI=1S/C31H38F4N4O3S/c1-28(13-3-14-28)20-37-27(40)29(2)21-36-26(38-29)30(15-4-16-30)17-18-39(43(41,42)25-11-9-24(32)10-12-25)19-22-5-7-23(8-6-22)31(33,34)35/h5-12H,3-4,13-21H2,1-2H3,(H,36,38)(H,37,40)/t29-/m1/s1. The first-order chi connectivity index (χ1) is 20.1. The minimum atomic E-state index is -4.51. The summed E-state index contributed by atoms with van der Waals surface area (Å²) in [6.45, 7) is 4.78. The summed E-state index contributed by atoms with van der Waals surface area (Å²) in [5.74, 6) is -0.00237. The van der Waals surface area contributed by atoms with Gasteiger partial charge in [0.25, 0.3) is 0 Å². The maximum absolute atomic E-state index is 13.7. The molecule has 12 heteroatoms. The fourth-order valence-corrected chi connectivity index (χ4v) is 7.47. The SMILES string of the molecule is CC1(CNC(=O)[C@@]2(C)CN=C(C3(CCN(Cc4ccc(C(F)(F)F)cc4)S(=O)(=O)c4ccc(F)cc4)CCC3)N2)CCC1. The van der Waals surface area contributed by atoms with Gasteiger partial charge in [-0.05, 0) is 86.4 Å². The van der Waals surface area contributed by atoms with E-state index >= 15 is 0 Å². The predicted octanol–water partition coefficient (Wildman–Crippen LogP) is 5.66. The highest BCUT2D eigenvalue weighted by molar-refractivity contribution is 7.89. The molecule has 2 aliphatic carbocycles. The lowest BCUT2D eigenvalue weighted by Gasteiger charge is -2.44. The van der Waals surface area contributed by atoms with Crippen LogP contribution in [0.5, 0.6) is 0 Å². The van der Waals surface area contributed by atoms with E-state index in [1.807, 2.05) is 6.92 Å². The molecule has 0 bridgehead atoms. The summed E-state index contributed by atoms with van der Waals surface area (Å²) < 4.78 is 81.6. The van der Waals surface area contributed by atoms with Crippen LogP contribution in [0.2, 0.25) is 0 Å². The molecule has 0 unspecified atom stereocenters. The Morgan fingerprint density at radius 3 is 2.16 bits per heavy atom. The third-order valence-electron chi connectivity index (χ3n) is 9.43. The van der Waals surface area contributed by atoms with E-state index in [1.54, 1.807) is 0 Å². The summed E-state index contributed by atoms with van der Waals surface area (Å²) in [4.78, 5) is 17.8. The number of hydrogen-bond donors (Lipinski definition) is 2. The Morgan fingerprint density at radius 1 is 1.00 bits per heavy atom. The Hall–Kier alpha value is -2.99. The molecule has 0 saturated heterocycles. The number of nitrogens with zero attached hydrogens (tertiary/aromatic N) is 2. The molecule has 1 heterocycles. The van der Waals surface area contributed by atoms with Gasteiger partial charge in [0.05, 0.1) is 17.0 Å². The number of alkyl halides is 3. The number of carbonyl (C=O) groups excluding carboxylic acids is 1. The van der Waals surface area contributed by atoms with Crippen molar-refractivity contribution in [2.45, 2.75) is 81.9 Å². The van der Waals surface area contributed by atoms with Crippen molar-refractivity contribution in [2.24, 2.45) is 15.8 Å². The van der Waals surface area contributed by atoms with E-state index in [1.165, 1.54) is 35.0 Å². The maximum Gasteiger partial charge on any atom is 0.416 e. The Morgan fingerprint density at radius 2 is 1.63 bits per heavy atom. The molecule has 1 aliphatic heterocycles. The number of nitrogens with one attached hydrogen (secondary N) is 2. The van der Waals surface area contributed by atoms with Gasteiger partial charge in [0.2, 0.25) is 15.9 Å². The van der Waals surface area contributed by atoms with Gasteiger partial charge < -0.3 is 10.6 Å². The van der Waals surface area contributed by atoms with E-state index in [0.29, 0.717) is 24.4 Å². The number of amides is 1. The fourth-order valence-electron chi connectivity index (χ4n) is 6.04. The lowest BCUT2D eigenvalue weighted by molar-refractivity contribution is -0.137. The molecule has 2 aromatic carbocycles. The highest BCUT2D eigenvalue weighted by Crippen LogP contribution is 2.47. The summed E-state index contributed by atoms with van der Waals surface area (Å²) in [5, 5.41) is 6.46. The number of benzene rings is 2. The smallest absolute Gasteiger partial charge is 0.358 e. The lowest BCUT2D eigenvalue weighted by atomic mass is 9.65. The van der Waals surface area contributed by atoms with Gasteiger partial charge >= 0.3 is 6.18 Å². The number of amidine groups is 1. The number of aliphatic imine (C=N–C) groups is 1. The second-order valence-electron chi connectivity index (χ2n) is 12.8. The zero-order valence-corrected chi connectivity index (χ0v) is 25.3. The normalized spacial score (nSPS) is 22.7. The second-order valence-corrected chi connectivity index (χ2v) is 14.8. The van der Waals surface area contributed by atoms with Gasteiger partial charge in [-0.1, -0.05) is 31.9 Å². The van der Waals surface area contributed by atoms with Crippen molar-refractivity contribution < 1.29 is 30.8 Å². The topological polar surface area (TPSA) is 90.9 Å². The molecule has 43 heavy (non-hydrogen) atoms. The van der Waals surface area contributed by atoms with Crippen LogP contribution in [0.3, 0.4) is 0 Å². The largest absolute Gasteiger partial charge is 0.416 e. The van der Waals surface area contributed by atoms with Crippen LogP contribution in [0, 0.1) is 16.6 Å². The zero-order valence-electron chi connectivity index (χ0n) is 24.4. The van der Waals surface area contributed by atoms with Crippen LogP contribution in [0.15, 0.2) is 58.4 Å². The summed E-state index contributed by atoms with van der Waals surface area (Å²) in [5.41, 5.74) is -1.65. The first-order valence-corrected chi connectivity index (χ1v) is 16.1. The number of rotatable bonds is 11. The van der Waals surface area contributed by atoms with Crippen LogP contribution in [0.1, 0.15) is 69.9 Å². The molecule has 0 radical (unpaired) electrons. The van der Waals surface area contributed by atoms with Gasteiger partial charge in [-0.3, -0.25) is 9.79 Å². The monoisotopic (exact) mass is 622 g/mol. The van der Waals surface area contributed by atoms with Crippen molar-refractivity contribution in [3.05, 3.63) is 65.5 Å². The Labute approximate surface area is 250 Å². The van der Waals surface area contributed by atoms with Crippen LogP contribution < -0.4 is 10.6 Å². The van der Waals surface area contributed by atoms with Gasteiger partial charge in [0, 0.05) is 25.0 Å². The molecule has 234 valence electrons. The van der Waals surface area contributed by atoms with E-state index in [9.17, 15) is 30.8 Å². The Bertz CT molecular complexity index is 1470. The first kappa shape index (κ1) is 31.4. The summed E-state index contributed by atoms with van der Waals surface area (Å²) >= 11 is 0. The maximum atomic E-state index is 13.7. The molecule has 1 amide bonds. The lowest BCUT2D eigenvalue weighted by Crippen LogP contribution is -2.59. The molecule has 2 aromatic rings. The van der Waals surface area contributed by atoms with E-state index in [2.05, 4.69) is 17.6 Å². The molecule has 0 aromatic heterocycles. The van der Waals surface area contributed by atoms with Crippen molar-refractivity contribution in [1.82, 2.24) is 14.9 Å². The Kier molecular flexibility index (Phi) is 8.41. The minimum Gasteiger partial charge on any atom is -0.358 e. The van der Waals surface area contributed by atoms with Crippen molar-refractivity contribution in [3.63, 3.8) is 0 Å². The molecule has 3 aliphatic rings. The van der Waals surface area contributed by atoms with Gasteiger partial charge in [-0.25, -0.2) is 12.8 Å². The molecule has 7 nitrogen and oxygen atoms in total. The quantitative estimate of drug-likeness (QED) is 0.317.